The number of sulfonamides is 1. The normalized spacial score (nSPS) is 11.0. The van der Waals surface area contributed by atoms with E-state index in [9.17, 15) is 8.42 Å². The first-order valence-corrected chi connectivity index (χ1v) is 7.17. The van der Waals surface area contributed by atoms with E-state index >= 15 is 0 Å². The van der Waals surface area contributed by atoms with Crippen LogP contribution in [0.3, 0.4) is 0 Å². The summed E-state index contributed by atoms with van der Waals surface area (Å²) in [5.41, 5.74) is 1.01. The maximum Gasteiger partial charge on any atom is 0.211 e. The zero-order chi connectivity index (χ0) is 12.6. The van der Waals surface area contributed by atoms with E-state index < -0.39 is 10.0 Å². The van der Waals surface area contributed by atoms with Gasteiger partial charge in [0, 0.05) is 13.0 Å². The van der Waals surface area contributed by atoms with Crippen LogP contribution in [0.4, 0.5) is 0 Å². The van der Waals surface area contributed by atoms with E-state index in [2.05, 4.69) is 4.72 Å². The van der Waals surface area contributed by atoms with Gasteiger partial charge in [0.2, 0.25) is 10.0 Å². The van der Waals surface area contributed by atoms with Crippen LogP contribution in [0.15, 0.2) is 30.3 Å². The van der Waals surface area contributed by atoms with E-state index in [1.807, 2.05) is 36.4 Å². The molecule has 1 rings (SSSR count). The first kappa shape index (κ1) is 13.7. The molecule has 0 unspecified atom stereocenters. The SMILES string of the molecule is N#CCCCNS(=O)(=O)CCc1ccccc1. The van der Waals surface area contributed by atoms with Gasteiger partial charge in [-0.05, 0) is 18.4 Å². The van der Waals surface area contributed by atoms with Crippen LogP contribution >= 0.6 is 0 Å². The van der Waals surface area contributed by atoms with Gasteiger partial charge in [0.1, 0.15) is 0 Å². The standard InChI is InChI=1S/C12H16N2O2S/c13-9-4-5-10-14-17(15,16)11-8-12-6-2-1-3-7-12/h1-3,6-7,14H,4-5,8,10-11H2. The lowest BCUT2D eigenvalue weighted by Gasteiger charge is -2.05. The van der Waals surface area contributed by atoms with Gasteiger partial charge in [0.25, 0.3) is 0 Å². The fraction of sp³-hybridized carbons (Fsp3) is 0.417. The second-order valence-corrected chi connectivity index (χ2v) is 5.64. The Morgan fingerprint density at radius 1 is 1.24 bits per heavy atom. The molecular formula is C12H16N2O2S. The first-order chi connectivity index (χ1) is 8.14. The van der Waals surface area contributed by atoms with Crippen molar-refractivity contribution >= 4 is 10.0 Å². The average molecular weight is 252 g/mol. The number of hydrogen-bond acceptors (Lipinski definition) is 3. The number of nitrogens with one attached hydrogen (secondary N) is 1. The Labute approximate surface area is 102 Å². The predicted molar refractivity (Wildman–Crippen MR) is 66.8 cm³/mol. The van der Waals surface area contributed by atoms with Gasteiger partial charge in [-0.1, -0.05) is 30.3 Å². The minimum atomic E-state index is -3.22. The van der Waals surface area contributed by atoms with E-state index in [4.69, 9.17) is 5.26 Å². The Hall–Kier alpha value is -1.38. The summed E-state index contributed by atoms with van der Waals surface area (Å²) in [6.07, 6.45) is 1.44. The number of nitriles is 1. The molecule has 0 radical (unpaired) electrons. The molecule has 0 heterocycles. The molecule has 0 bridgehead atoms. The maximum absolute atomic E-state index is 11.6. The summed E-state index contributed by atoms with van der Waals surface area (Å²) < 4.78 is 25.6. The highest BCUT2D eigenvalue weighted by Gasteiger charge is 2.09. The van der Waals surface area contributed by atoms with Gasteiger partial charge in [-0.25, -0.2) is 13.1 Å². The Bertz CT molecular complexity index is 463. The van der Waals surface area contributed by atoms with Crippen LogP contribution < -0.4 is 4.72 Å². The molecule has 0 aromatic heterocycles. The molecule has 4 nitrogen and oxygen atoms in total. The Morgan fingerprint density at radius 2 is 1.94 bits per heavy atom. The van der Waals surface area contributed by atoms with Crippen LogP contribution in [0.5, 0.6) is 0 Å². The zero-order valence-corrected chi connectivity index (χ0v) is 10.4. The van der Waals surface area contributed by atoms with Crippen LogP contribution in [0.2, 0.25) is 0 Å². The Kier molecular flexibility index (Phi) is 5.67. The van der Waals surface area contributed by atoms with Crippen molar-refractivity contribution in [3.8, 4) is 6.07 Å². The third-order valence-corrected chi connectivity index (χ3v) is 3.68. The molecular weight excluding hydrogens is 236 g/mol. The van der Waals surface area contributed by atoms with Crippen molar-refractivity contribution in [2.24, 2.45) is 0 Å². The van der Waals surface area contributed by atoms with Gasteiger partial charge in [0.15, 0.2) is 0 Å². The second kappa shape index (κ2) is 7.05. The van der Waals surface area contributed by atoms with E-state index in [1.165, 1.54) is 0 Å². The van der Waals surface area contributed by atoms with Gasteiger partial charge in [-0.2, -0.15) is 5.26 Å². The number of unbranched alkanes of at least 4 members (excludes halogenated alkanes) is 1. The average Bonchev–Trinajstić information content (AvgIpc) is 2.34. The molecule has 1 N–H and O–H groups in total. The molecule has 1 aromatic carbocycles. The molecule has 1 aromatic rings. The van der Waals surface area contributed by atoms with E-state index in [0.29, 0.717) is 25.8 Å². The quantitative estimate of drug-likeness (QED) is 0.747. The van der Waals surface area contributed by atoms with Crippen LogP contribution in [-0.2, 0) is 16.4 Å². The summed E-state index contributed by atoms with van der Waals surface area (Å²) in [7, 11) is -3.22. The third-order valence-electron chi connectivity index (χ3n) is 2.29. The molecule has 17 heavy (non-hydrogen) atoms. The van der Waals surface area contributed by atoms with Crippen molar-refractivity contribution in [2.75, 3.05) is 12.3 Å². The lowest BCUT2D eigenvalue weighted by molar-refractivity contribution is 0.579. The summed E-state index contributed by atoms with van der Waals surface area (Å²) in [6.45, 7) is 0.338. The van der Waals surface area contributed by atoms with Gasteiger partial charge in [-0.3, -0.25) is 0 Å². The smallest absolute Gasteiger partial charge is 0.211 e. The zero-order valence-electron chi connectivity index (χ0n) is 9.59. The van der Waals surface area contributed by atoms with Crippen molar-refractivity contribution in [2.45, 2.75) is 19.3 Å². The number of nitrogens with zero attached hydrogens (tertiary/aromatic N) is 1. The summed E-state index contributed by atoms with van der Waals surface area (Å²) >= 11 is 0. The lowest BCUT2D eigenvalue weighted by atomic mass is 10.2. The number of aryl methyl sites for hydroxylation is 1. The van der Waals surface area contributed by atoms with Crippen LogP contribution in [0.25, 0.3) is 0 Å². The number of benzene rings is 1. The van der Waals surface area contributed by atoms with Crippen molar-refractivity contribution < 1.29 is 8.42 Å². The molecule has 0 saturated carbocycles. The van der Waals surface area contributed by atoms with Crippen molar-refractivity contribution in [1.29, 1.82) is 5.26 Å². The van der Waals surface area contributed by atoms with Gasteiger partial charge < -0.3 is 0 Å². The first-order valence-electron chi connectivity index (χ1n) is 5.52. The largest absolute Gasteiger partial charge is 0.215 e. The highest BCUT2D eigenvalue weighted by molar-refractivity contribution is 7.89. The molecule has 0 amide bonds. The van der Waals surface area contributed by atoms with Gasteiger partial charge >= 0.3 is 0 Å². The molecule has 0 aliphatic heterocycles. The maximum atomic E-state index is 11.6. The van der Waals surface area contributed by atoms with E-state index in [-0.39, 0.29) is 5.75 Å². The van der Waals surface area contributed by atoms with Gasteiger partial charge in [0.05, 0.1) is 11.8 Å². The molecule has 0 spiro atoms. The monoisotopic (exact) mass is 252 g/mol. The minimum Gasteiger partial charge on any atom is -0.215 e. The van der Waals surface area contributed by atoms with E-state index in [1.54, 1.807) is 0 Å². The molecule has 0 aliphatic carbocycles. The predicted octanol–water partition coefficient (Wildman–Crippen LogP) is 1.45. The molecule has 0 fully saturated rings. The molecule has 92 valence electrons. The van der Waals surface area contributed by atoms with Crippen LogP contribution in [-0.4, -0.2) is 20.7 Å². The van der Waals surface area contributed by atoms with E-state index in [0.717, 1.165) is 5.56 Å². The summed E-state index contributed by atoms with van der Waals surface area (Å²) in [5.74, 6) is 0.0869. The molecule has 0 atom stereocenters. The van der Waals surface area contributed by atoms with Crippen molar-refractivity contribution in [3.05, 3.63) is 35.9 Å². The fourth-order valence-corrected chi connectivity index (χ4v) is 2.47. The minimum absolute atomic E-state index is 0.0869. The van der Waals surface area contributed by atoms with Crippen LogP contribution in [0.1, 0.15) is 18.4 Å². The summed E-state index contributed by atoms with van der Waals surface area (Å²) in [6, 6.07) is 11.5. The topological polar surface area (TPSA) is 70.0 Å². The van der Waals surface area contributed by atoms with Crippen LogP contribution in [0, 0.1) is 11.3 Å². The van der Waals surface area contributed by atoms with Crippen molar-refractivity contribution in [3.63, 3.8) is 0 Å². The highest BCUT2D eigenvalue weighted by Crippen LogP contribution is 2.01. The second-order valence-electron chi connectivity index (χ2n) is 3.71. The molecule has 0 aliphatic rings. The van der Waals surface area contributed by atoms with Gasteiger partial charge in [-0.15, -0.1) is 0 Å². The molecule has 0 saturated heterocycles. The fourth-order valence-electron chi connectivity index (χ4n) is 1.36. The summed E-state index contributed by atoms with van der Waals surface area (Å²) in [4.78, 5) is 0. The summed E-state index contributed by atoms with van der Waals surface area (Å²) in [5, 5.41) is 8.32. The molecule has 5 heteroatoms. The van der Waals surface area contributed by atoms with Crippen molar-refractivity contribution in [1.82, 2.24) is 4.72 Å². The number of hydrogen-bond donors (Lipinski definition) is 1. The Balaban J connectivity index is 2.33. The third kappa shape index (κ3) is 6.05. The Morgan fingerprint density at radius 3 is 2.59 bits per heavy atom. The highest BCUT2D eigenvalue weighted by atomic mass is 32.2. The lowest BCUT2D eigenvalue weighted by Crippen LogP contribution is -2.28. The number of rotatable bonds is 7.